The number of allylic oxidation sites excluding steroid dienone is 2. The Hall–Kier alpha value is -1.31. The first kappa shape index (κ1) is 13.1. The molecule has 0 radical (unpaired) electrons. The molecule has 1 aliphatic heterocycles. The summed E-state index contributed by atoms with van der Waals surface area (Å²) in [5, 5.41) is 0. The van der Waals surface area contributed by atoms with E-state index in [-0.39, 0.29) is 5.83 Å². The summed E-state index contributed by atoms with van der Waals surface area (Å²) in [7, 11) is 0. The molecule has 0 spiro atoms. The Balaban J connectivity index is 2.42. The maximum atomic E-state index is 13.3. The number of hydrogen-bond donors (Lipinski definition) is 0. The van der Waals surface area contributed by atoms with E-state index >= 15 is 0 Å². The van der Waals surface area contributed by atoms with Crippen LogP contribution in [-0.4, -0.2) is 12.6 Å². The Morgan fingerprint density at radius 2 is 2.00 bits per heavy atom. The first-order valence-corrected chi connectivity index (χ1v) is 6.73. The van der Waals surface area contributed by atoms with Crippen LogP contribution in [0.3, 0.4) is 0 Å². The summed E-state index contributed by atoms with van der Waals surface area (Å²) >= 11 is 0. The summed E-state index contributed by atoms with van der Waals surface area (Å²) in [6, 6.07) is 6.87. The Bertz CT molecular complexity index is 470. The molecule has 0 fully saturated rings. The molecule has 2 rings (SSSR count). The third kappa shape index (κ3) is 2.43. The third-order valence-electron chi connectivity index (χ3n) is 3.81. The predicted molar refractivity (Wildman–Crippen MR) is 76.6 cm³/mol. The maximum Gasteiger partial charge on any atom is 0.100 e. The van der Waals surface area contributed by atoms with E-state index in [1.54, 1.807) is 0 Å². The molecule has 98 valence electrons. The lowest BCUT2D eigenvalue weighted by Gasteiger charge is -2.35. The van der Waals surface area contributed by atoms with Gasteiger partial charge in [0.15, 0.2) is 0 Å². The normalized spacial score (nSPS) is 16.7. The Kier molecular flexibility index (Phi) is 3.74. The van der Waals surface area contributed by atoms with Crippen molar-refractivity contribution in [1.29, 1.82) is 0 Å². The topological polar surface area (TPSA) is 3.24 Å². The molecular formula is C16H22FN. The average molecular weight is 247 g/mol. The van der Waals surface area contributed by atoms with Gasteiger partial charge in [0.2, 0.25) is 0 Å². The minimum absolute atomic E-state index is 0.0912. The van der Waals surface area contributed by atoms with Gasteiger partial charge in [-0.1, -0.05) is 6.07 Å². The molecule has 1 aromatic rings. The van der Waals surface area contributed by atoms with Gasteiger partial charge in [-0.25, -0.2) is 4.39 Å². The van der Waals surface area contributed by atoms with Crippen molar-refractivity contribution in [2.24, 2.45) is 0 Å². The minimum Gasteiger partial charge on any atom is -0.369 e. The number of hydrogen-bond acceptors (Lipinski definition) is 1. The van der Waals surface area contributed by atoms with Crippen LogP contribution in [0.4, 0.5) is 10.1 Å². The fourth-order valence-electron chi connectivity index (χ4n) is 2.59. The van der Waals surface area contributed by atoms with E-state index in [2.05, 4.69) is 30.9 Å². The molecule has 0 unspecified atom stereocenters. The van der Waals surface area contributed by atoms with Crippen molar-refractivity contribution in [1.82, 2.24) is 0 Å². The third-order valence-corrected chi connectivity index (χ3v) is 3.81. The monoisotopic (exact) mass is 247 g/mol. The van der Waals surface area contributed by atoms with E-state index in [0.29, 0.717) is 6.04 Å². The molecule has 18 heavy (non-hydrogen) atoms. The lowest BCUT2D eigenvalue weighted by Crippen LogP contribution is -2.35. The molecule has 0 atom stereocenters. The average Bonchev–Trinajstić information content (AvgIpc) is 2.36. The molecule has 2 heteroatoms. The van der Waals surface area contributed by atoms with Crippen LogP contribution in [0.2, 0.25) is 0 Å². The van der Waals surface area contributed by atoms with Gasteiger partial charge in [-0.2, -0.15) is 0 Å². The highest BCUT2D eigenvalue weighted by Crippen LogP contribution is 2.32. The largest absolute Gasteiger partial charge is 0.369 e. The SMILES string of the molecule is C/C(F)=C(/C)c1ccc2c(c1)CCCN2C(C)C. The van der Waals surface area contributed by atoms with Crippen molar-refractivity contribution < 1.29 is 4.39 Å². The second-order valence-electron chi connectivity index (χ2n) is 5.39. The second-order valence-corrected chi connectivity index (χ2v) is 5.39. The van der Waals surface area contributed by atoms with E-state index in [4.69, 9.17) is 0 Å². The molecule has 0 aliphatic carbocycles. The van der Waals surface area contributed by atoms with Gasteiger partial charge in [-0.15, -0.1) is 0 Å². The molecule has 1 nitrogen and oxygen atoms in total. The lowest BCUT2D eigenvalue weighted by atomic mass is 9.95. The summed E-state index contributed by atoms with van der Waals surface area (Å²) in [6.45, 7) is 8.94. The Morgan fingerprint density at radius 3 is 2.61 bits per heavy atom. The van der Waals surface area contributed by atoms with E-state index in [1.165, 1.54) is 24.6 Å². The zero-order valence-corrected chi connectivity index (χ0v) is 11.8. The summed E-state index contributed by atoms with van der Waals surface area (Å²) in [4.78, 5) is 2.43. The molecule has 1 heterocycles. The van der Waals surface area contributed by atoms with Gasteiger partial charge in [0.1, 0.15) is 5.83 Å². The van der Waals surface area contributed by atoms with Crippen molar-refractivity contribution in [3.8, 4) is 0 Å². The smallest absolute Gasteiger partial charge is 0.100 e. The number of fused-ring (bicyclic) bond motifs is 1. The second kappa shape index (κ2) is 5.13. The molecule has 0 N–H and O–H groups in total. The molecule has 0 saturated heterocycles. The summed E-state index contributed by atoms with van der Waals surface area (Å²) in [5.74, 6) is -0.0912. The van der Waals surface area contributed by atoms with Gasteiger partial charge in [-0.3, -0.25) is 0 Å². The van der Waals surface area contributed by atoms with Crippen LogP contribution in [0, 0.1) is 0 Å². The van der Waals surface area contributed by atoms with Gasteiger partial charge in [0, 0.05) is 18.3 Å². The Morgan fingerprint density at radius 1 is 1.28 bits per heavy atom. The molecule has 0 bridgehead atoms. The number of nitrogens with zero attached hydrogens (tertiary/aromatic N) is 1. The quantitative estimate of drug-likeness (QED) is 0.740. The zero-order chi connectivity index (χ0) is 13.3. The standard InChI is InChI=1S/C16H22FN/c1-11(2)18-9-5-6-15-10-14(7-8-16(15)18)12(3)13(4)17/h7-8,10-11H,5-6,9H2,1-4H3/b13-12+. The van der Waals surface area contributed by atoms with Crippen molar-refractivity contribution in [3.05, 3.63) is 35.2 Å². The Labute approximate surface area is 109 Å². The number of aryl methyl sites for hydroxylation is 1. The van der Waals surface area contributed by atoms with Crippen LogP contribution in [0.15, 0.2) is 24.0 Å². The van der Waals surface area contributed by atoms with Crippen LogP contribution in [0.25, 0.3) is 5.57 Å². The van der Waals surface area contributed by atoms with E-state index in [1.807, 2.05) is 13.0 Å². The lowest BCUT2D eigenvalue weighted by molar-refractivity contribution is 0.625. The van der Waals surface area contributed by atoms with Gasteiger partial charge in [0.25, 0.3) is 0 Å². The number of benzene rings is 1. The molecule has 1 aromatic carbocycles. The van der Waals surface area contributed by atoms with Crippen molar-refractivity contribution in [3.63, 3.8) is 0 Å². The fourth-order valence-corrected chi connectivity index (χ4v) is 2.59. The first-order valence-electron chi connectivity index (χ1n) is 6.73. The molecular weight excluding hydrogens is 225 g/mol. The van der Waals surface area contributed by atoms with Gasteiger partial charge in [-0.05, 0) is 69.4 Å². The van der Waals surface area contributed by atoms with E-state index in [0.717, 1.165) is 24.1 Å². The molecule has 0 amide bonds. The van der Waals surface area contributed by atoms with Crippen LogP contribution < -0.4 is 4.90 Å². The highest BCUT2D eigenvalue weighted by atomic mass is 19.1. The van der Waals surface area contributed by atoms with Crippen molar-refractivity contribution in [2.75, 3.05) is 11.4 Å². The zero-order valence-electron chi connectivity index (χ0n) is 11.8. The first-order chi connectivity index (χ1) is 8.50. The number of rotatable bonds is 2. The molecule has 0 saturated carbocycles. The van der Waals surface area contributed by atoms with Crippen molar-refractivity contribution >= 4 is 11.3 Å². The number of halogens is 1. The highest BCUT2D eigenvalue weighted by molar-refractivity contribution is 5.69. The van der Waals surface area contributed by atoms with Crippen LogP contribution in [0.5, 0.6) is 0 Å². The van der Waals surface area contributed by atoms with Gasteiger partial charge in [0.05, 0.1) is 0 Å². The van der Waals surface area contributed by atoms with Crippen LogP contribution in [0.1, 0.15) is 45.2 Å². The summed E-state index contributed by atoms with van der Waals surface area (Å²) in [5.41, 5.74) is 4.44. The predicted octanol–water partition coefficient (Wildman–Crippen LogP) is 4.57. The van der Waals surface area contributed by atoms with E-state index < -0.39 is 0 Å². The summed E-state index contributed by atoms with van der Waals surface area (Å²) in [6.07, 6.45) is 2.29. The highest BCUT2D eigenvalue weighted by Gasteiger charge is 2.19. The number of anilines is 1. The fraction of sp³-hybridized carbons (Fsp3) is 0.500. The summed E-state index contributed by atoms with van der Waals surface area (Å²) < 4.78 is 13.3. The van der Waals surface area contributed by atoms with Crippen LogP contribution in [-0.2, 0) is 6.42 Å². The van der Waals surface area contributed by atoms with Crippen LogP contribution >= 0.6 is 0 Å². The minimum atomic E-state index is -0.0912. The van der Waals surface area contributed by atoms with Gasteiger partial charge >= 0.3 is 0 Å². The van der Waals surface area contributed by atoms with Crippen molar-refractivity contribution in [2.45, 2.75) is 46.6 Å². The van der Waals surface area contributed by atoms with E-state index in [9.17, 15) is 4.39 Å². The maximum absolute atomic E-state index is 13.3. The van der Waals surface area contributed by atoms with Gasteiger partial charge < -0.3 is 4.90 Å². The molecule has 1 aliphatic rings. The molecule has 0 aromatic heterocycles.